The number of alkyl halides is 3. The van der Waals surface area contributed by atoms with Crippen LogP contribution in [0.25, 0.3) is 5.57 Å². The largest absolute Gasteiger partial charge is 0.433 e. The quantitative estimate of drug-likeness (QED) is 0.580. The van der Waals surface area contributed by atoms with Gasteiger partial charge >= 0.3 is 6.18 Å². The van der Waals surface area contributed by atoms with Crippen LogP contribution in [0.1, 0.15) is 31.7 Å². The molecule has 1 atom stereocenters. The van der Waals surface area contributed by atoms with Crippen LogP contribution in [0.2, 0.25) is 0 Å². The molecule has 0 bridgehead atoms. The summed E-state index contributed by atoms with van der Waals surface area (Å²) in [5, 5.41) is 2.97. The van der Waals surface area contributed by atoms with E-state index in [-0.39, 0.29) is 35.7 Å². The number of halogens is 3. The van der Waals surface area contributed by atoms with E-state index >= 15 is 0 Å². The first-order valence-electron chi connectivity index (χ1n) is 9.78. The fourth-order valence-electron chi connectivity index (χ4n) is 2.89. The number of aromatic nitrogens is 2. The minimum atomic E-state index is -4.62. The summed E-state index contributed by atoms with van der Waals surface area (Å²) in [4.78, 5) is 27.6. The molecule has 1 amide bonds. The van der Waals surface area contributed by atoms with Crippen molar-refractivity contribution in [1.82, 2.24) is 20.2 Å². The van der Waals surface area contributed by atoms with E-state index in [2.05, 4.69) is 20.3 Å². The monoisotopic (exact) mass is 427 g/mol. The van der Waals surface area contributed by atoms with Gasteiger partial charge in [-0.25, -0.2) is 9.97 Å². The highest BCUT2D eigenvalue weighted by Gasteiger charge is 2.36. The van der Waals surface area contributed by atoms with Gasteiger partial charge in [0.25, 0.3) is 0 Å². The highest BCUT2D eigenvalue weighted by atomic mass is 19.4. The van der Waals surface area contributed by atoms with Crippen LogP contribution in [-0.2, 0) is 11.0 Å². The third kappa shape index (κ3) is 5.91. The summed E-state index contributed by atoms with van der Waals surface area (Å²) in [7, 11) is 1.79. The number of hydrogen-bond donors (Lipinski definition) is 2. The Morgan fingerprint density at radius 1 is 1.47 bits per heavy atom. The van der Waals surface area contributed by atoms with E-state index in [1.165, 1.54) is 6.21 Å². The number of hydrogen-bond acceptors (Lipinski definition) is 7. The lowest BCUT2D eigenvalue weighted by Gasteiger charge is -2.39. The molecular weight excluding hydrogens is 399 g/mol. The average Bonchev–Trinajstić information content (AvgIpc) is 2.69. The number of nitrogens with one attached hydrogen (secondary N) is 1. The van der Waals surface area contributed by atoms with E-state index in [0.29, 0.717) is 26.2 Å². The fourth-order valence-corrected chi connectivity index (χ4v) is 2.89. The lowest BCUT2D eigenvalue weighted by atomic mass is 10.1. The van der Waals surface area contributed by atoms with Gasteiger partial charge in [-0.15, -0.1) is 0 Å². The van der Waals surface area contributed by atoms with E-state index < -0.39 is 11.9 Å². The number of rotatable bonds is 9. The molecule has 1 aliphatic rings. The van der Waals surface area contributed by atoms with Gasteiger partial charge in [-0.3, -0.25) is 9.79 Å². The van der Waals surface area contributed by atoms with Crippen molar-refractivity contribution in [2.75, 3.05) is 44.7 Å². The molecule has 166 valence electrons. The first-order valence-corrected chi connectivity index (χ1v) is 9.78. The van der Waals surface area contributed by atoms with Crippen LogP contribution in [0.4, 0.5) is 19.1 Å². The summed E-state index contributed by atoms with van der Waals surface area (Å²) >= 11 is 0. The molecule has 30 heavy (non-hydrogen) atoms. The second kappa shape index (κ2) is 10.4. The molecule has 0 unspecified atom stereocenters. The standard InChI is InChI=1S/C19H28F3N7O/c1-4-28(8-6-24-3)17(30)12-25-11-14(10-23)15-9-16(19(20,21)22)27-18(26-15)29-7-5-13(29)2/h9-11,13,24H,4-8,12,23H2,1-3H3/b14-10+,25-11?/t13-/m0/s1. The molecule has 2 rings (SSSR count). The van der Waals surface area contributed by atoms with Gasteiger partial charge in [0, 0.05) is 50.2 Å². The summed E-state index contributed by atoms with van der Waals surface area (Å²) in [6.45, 7) is 5.93. The number of carbonyl (C=O) groups excluding carboxylic acids is 1. The SMILES string of the molecule is CCN(CCNC)C(=O)CN=C/C(=C\N)c1cc(C(F)(F)F)nc(N2CC[C@@H]2C)n1. The Kier molecular flexibility index (Phi) is 8.16. The maximum atomic E-state index is 13.3. The summed E-state index contributed by atoms with van der Waals surface area (Å²) in [6.07, 6.45) is -1.37. The number of anilines is 1. The molecule has 11 heteroatoms. The molecule has 1 fully saturated rings. The summed E-state index contributed by atoms with van der Waals surface area (Å²) in [5.41, 5.74) is 4.76. The molecule has 8 nitrogen and oxygen atoms in total. The van der Waals surface area contributed by atoms with Gasteiger partial charge in [0.1, 0.15) is 6.54 Å². The Hall–Kier alpha value is -2.69. The predicted molar refractivity (Wildman–Crippen MR) is 110 cm³/mol. The highest BCUT2D eigenvalue weighted by Crippen LogP contribution is 2.32. The van der Waals surface area contributed by atoms with Crippen molar-refractivity contribution in [2.45, 2.75) is 32.5 Å². The predicted octanol–water partition coefficient (Wildman–Crippen LogP) is 1.53. The van der Waals surface area contributed by atoms with E-state index in [1.807, 2.05) is 13.8 Å². The third-order valence-corrected chi connectivity index (χ3v) is 4.88. The van der Waals surface area contributed by atoms with Crippen molar-refractivity contribution >= 4 is 23.6 Å². The zero-order valence-electron chi connectivity index (χ0n) is 17.4. The minimum Gasteiger partial charge on any atom is -0.404 e. The molecule has 1 aromatic rings. The van der Waals surface area contributed by atoms with Gasteiger partial charge in [0.2, 0.25) is 11.9 Å². The molecule has 0 aromatic carbocycles. The first kappa shape index (κ1) is 23.6. The maximum Gasteiger partial charge on any atom is 0.433 e. The van der Waals surface area contributed by atoms with Crippen LogP contribution in [0, 0.1) is 0 Å². The van der Waals surface area contributed by atoms with Crippen molar-refractivity contribution in [3.05, 3.63) is 23.7 Å². The summed E-state index contributed by atoms with van der Waals surface area (Å²) in [5.74, 6) is -0.180. The number of aliphatic imine (C=N–C) groups is 1. The van der Waals surface area contributed by atoms with Gasteiger partial charge in [0.05, 0.1) is 5.69 Å². The lowest BCUT2D eigenvalue weighted by molar-refractivity contribution is -0.141. The number of carbonyl (C=O) groups is 1. The minimum absolute atomic E-state index is 0.00613. The van der Waals surface area contributed by atoms with Crippen LogP contribution in [-0.4, -0.2) is 72.8 Å². The van der Waals surface area contributed by atoms with Gasteiger partial charge in [0.15, 0.2) is 5.69 Å². The van der Waals surface area contributed by atoms with Crippen molar-refractivity contribution in [2.24, 2.45) is 10.7 Å². The molecule has 0 radical (unpaired) electrons. The third-order valence-electron chi connectivity index (χ3n) is 4.88. The van der Waals surface area contributed by atoms with E-state index in [0.717, 1.165) is 18.7 Å². The summed E-state index contributed by atoms with van der Waals surface area (Å²) < 4.78 is 40.0. The average molecular weight is 427 g/mol. The number of likely N-dealkylation sites (N-methyl/N-ethyl adjacent to an activating group) is 2. The van der Waals surface area contributed by atoms with Crippen LogP contribution in [0.3, 0.4) is 0 Å². The maximum absolute atomic E-state index is 13.3. The summed E-state index contributed by atoms with van der Waals surface area (Å²) in [6, 6.07) is 0.904. The highest BCUT2D eigenvalue weighted by molar-refractivity contribution is 6.09. The van der Waals surface area contributed by atoms with Crippen LogP contribution in [0.15, 0.2) is 17.3 Å². The van der Waals surface area contributed by atoms with Crippen molar-refractivity contribution in [3.63, 3.8) is 0 Å². The first-order chi connectivity index (χ1) is 14.2. The van der Waals surface area contributed by atoms with Crippen LogP contribution >= 0.6 is 0 Å². The Morgan fingerprint density at radius 2 is 2.20 bits per heavy atom. The zero-order chi connectivity index (χ0) is 22.3. The molecule has 1 aliphatic heterocycles. The van der Waals surface area contributed by atoms with E-state index in [9.17, 15) is 18.0 Å². The van der Waals surface area contributed by atoms with E-state index in [4.69, 9.17) is 5.73 Å². The molecule has 2 heterocycles. The Labute approximate surface area is 174 Å². The van der Waals surface area contributed by atoms with Crippen molar-refractivity contribution < 1.29 is 18.0 Å². The van der Waals surface area contributed by atoms with Gasteiger partial charge in [-0.05, 0) is 33.4 Å². The fraction of sp³-hybridized carbons (Fsp3) is 0.579. The Balaban J connectivity index is 2.22. The Morgan fingerprint density at radius 3 is 2.70 bits per heavy atom. The zero-order valence-corrected chi connectivity index (χ0v) is 17.4. The van der Waals surface area contributed by atoms with Crippen LogP contribution < -0.4 is 16.0 Å². The molecular formula is C19H28F3N7O. The lowest BCUT2D eigenvalue weighted by Crippen LogP contribution is -2.47. The Bertz CT molecular complexity index is 795. The molecule has 1 aromatic heterocycles. The molecule has 1 saturated heterocycles. The van der Waals surface area contributed by atoms with Gasteiger partial charge in [-0.2, -0.15) is 13.2 Å². The molecule has 0 saturated carbocycles. The smallest absolute Gasteiger partial charge is 0.404 e. The topological polar surface area (TPSA) is 99.7 Å². The number of nitrogens with zero attached hydrogens (tertiary/aromatic N) is 5. The van der Waals surface area contributed by atoms with Gasteiger partial charge in [-0.1, -0.05) is 0 Å². The van der Waals surface area contributed by atoms with Crippen LogP contribution in [0.5, 0.6) is 0 Å². The molecule has 0 aliphatic carbocycles. The number of amides is 1. The number of nitrogens with two attached hydrogens (primary N) is 1. The van der Waals surface area contributed by atoms with Gasteiger partial charge < -0.3 is 20.9 Å². The van der Waals surface area contributed by atoms with E-state index in [1.54, 1.807) is 16.8 Å². The second-order valence-corrected chi connectivity index (χ2v) is 6.94. The molecule has 3 N–H and O–H groups in total. The van der Waals surface area contributed by atoms with Crippen molar-refractivity contribution in [3.8, 4) is 0 Å². The molecule has 0 spiro atoms. The number of allylic oxidation sites excluding steroid dienone is 1. The van der Waals surface area contributed by atoms with Crippen molar-refractivity contribution in [1.29, 1.82) is 0 Å². The second-order valence-electron chi connectivity index (χ2n) is 6.94. The normalized spacial score (nSPS) is 17.3.